The summed E-state index contributed by atoms with van der Waals surface area (Å²) in [5.74, 6) is 0.0119. The number of ketones is 2. The summed E-state index contributed by atoms with van der Waals surface area (Å²) in [6.45, 7) is 16.3. The zero-order valence-electron chi connectivity index (χ0n) is 22.0. The molecule has 0 aromatic rings. The van der Waals surface area contributed by atoms with Gasteiger partial charge in [-0.3, -0.25) is 9.59 Å². The predicted molar refractivity (Wildman–Crippen MR) is 129 cm³/mol. The zero-order valence-corrected chi connectivity index (χ0v) is 22.0. The summed E-state index contributed by atoms with van der Waals surface area (Å²) in [6.07, 6.45) is 1.79. The van der Waals surface area contributed by atoms with E-state index in [0.29, 0.717) is 32.5 Å². The number of aliphatic hydroxyl groups excluding tert-OH is 1. The highest BCUT2D eigenvalue weighted by molar-refractivity contribution is 5.97. The first-order chi connectivity index (χ1) is 15.5. The molecule has 0 spiro atoms. The van der Waals surface area contributed by atoms with E-state index in [2.05, 4.69) is 0 Å². The lowest BCUT2D eigenvalue weighted by molar-refractivity contribution is -0.122. The first kappa shape index (κ1) is 29.5. The molecule has 2 saturated heterocycles. The number of rotatable bonds is 0. The molecule has 0 aromatic heterocycles. The molecular formula is C25H42N2O7. The normalized spacial score (nSPS) is 23.5. The van der Waals surface area contributed by atoms with Gasteiger partial charge in [-0.2, -0.15) is 0 Å². The predicted octanol–water partition coefficient (Wildman–Crippen LogP) is 4.50. The molecule has 0 saturated carbocycles. The number of carbonyl (C=O) groups is 4. The van der Waals surface area contributed by atoms with Gasteiger partial charge in [0, 0.05) is 43.5 Å². The lowest BCUT2D eigenvalue weighted by Gasteiger charge is -2.26. The van der Waals surface area contributed by atoms with Crippen molar-refractivity contribution in [3.8, 4) is 0 Å². The van der Waals surface area contributed by atoms with E-state index in [1.165, 1.54) is 4.90 Å². The second-order valence-electron chi connectivity index (χ2n) is 11.0. The second kappa shape index (κ2) is 12.2. The molecule has 0 aliphatic carbocycles. The van der Waals surface area contributed by atoms with E-state index in [1.54, 1.807) is 32.6 Å². The summed E-state index contributed by atoms with van der Waals surface area (Å²) < 4.78 is 10.5. The van der Waals surface area contributed by atoms with Gasteiger partial charge in [-0.05, 0) is 54.4 Å². The lowest BCUT2D eigenvalue weighted by Crippen LogP contribution is -2.38. The summed E-state index contributed by atoms with van der Waals surface area (Å²) in [7, 11) is 0. The maximum atomic E-state index is 11.9. The Balaban J connectivity index is 0.000000342. The highest BCUT2D eigenvalue weighted by Gasteiger charge is 2.30. The van der Waals surface area contributed by atoms with Gasteiger partial charge < -0.3 is 24.4 Å². The van der Waals surface area contributed by atoms with E-state index in [-0.39, 0.29) is 41.6 Å². The van der Waals surface area contributed by atoms with Crippen molar-refractivity contribution in [2.24, 2.45) is 11.8 Å². The van der Waals surface area contributed by atoms with E-state index in [4.69, 9.17) is 14.6 Å². The van der Waals surface area contributed by atoms with Crippen LogP contribution in [-0.2, 0) is 19.1 Å². The van der Waals surface area contributed by atoms with Gasteiger partial charge in [0.05, 0.1) is 12.8 Å². The van der Waals surface area contributed by atoms with E-state index >= 15 is 0 Å². The van der Waals surface area contributed by atoms with Gasteiger partial charge in [-0.15, -0.1) is 0 Å². The Labute approximate surface area is 203 Å². The molecule has 34 heavy (non-hydrogen) atoms. The molecule has 2 amide bonds. The van der Waals surface area contributed by atoms with Crippen LogP contribution in [0, 0.1) is 11.8 Å². The number of hydrogen-bond donors (Lipinski definition) is 1. The third kappa shape index (κ3) is 10.1. The zero-order chi connectivity index (χ0) is 26.3. The Bertz CT molecular complexity index is 777. The van der Waals surface area contributed by atoms with Crippen molar-refractivity contribution in [3.05, 3.63) is 11.8 Å². The van der Waals surface area contributed by atoms with Crippen LogP contribution in [0.15, 0.2) is 11.8 Å². The Hall–Kier alpha value is -2.58. The molecule has 2 aliphatic heterocycles. The van der Waals surface area contributed by atoms with Crippen LogP contribution in [-0.4, -0.2) is 76.0 Å². The maximum absolute atomic E-state index is 11.9. The minimum atomic E-state index is -0.567. The van der Waals surface area contributed by atoms with Crippen molar-refractivity contribution in [3.63, 3.8) is 0 Å². The summed E-state index contributed by atoms with van der Waals surface area (Å²) in [4.78, 5) is 50.1. The third-order valence-electron chi connectivity index (χ3n) is 5.43. The van der Waals surface area contributed by atoms with Crippen LogP contribution < -0.4 is 0 Å². The van der Waals surface area contributed by atoms with Crippen LogP contribution in [0.25, 0.3) is 0 Å². The highest BCUT2D eigenvalue weighted by atomic mass is 16.6. The first-order valence-electron chi connectivity index (χ1n) is 11.9. The number of likely N-dealkylation sites (tertiary alicyclic amines) is 2. The van der Waals surface area contributed by atoms with Gasteiger partial charge in [0.1, 0.15) is 17.0 Å². The molecule has 0 bridgehead atoms. The van der Waals surface area contributed by atoms with Crippen molar-refractivity contribution < 1.29 is 33.8 Å². The van der Waals surface area contributed by atoms with Crippen LogP contribution >= 0.6 is 0 Å². The standard InChI is InChI=1S/C13H21NO4.C12H21NO3/c1-9-5-6-14(7-10(8-15)11(9)16)12(17)18-13(2,3)4;1-9-5-7-13(8-6-10(9)14)11(15)16-12(2,3)4/h8-9,15H,5-7H2,1-4H3;9H,5-8H2,1-4H3/b10-8+;. The Morgan fingerprint density at radius 1 is 0.853 bits per heavy atom. The van der Waals surface area contributed by atoms with Crippen LogP contribution in [0.5, 0.6) is 0 Å². The van der Waals surface area contributed by atoms with E-state index in [1.807, 2.05) is 27.7 Å². The number of amides is 2. The Kier molecular flexibility index (Phi) is 10.6. The molecule has 2 heterocycles. The molecule has 9 heteroatoms. The maximum Gasteiger partial charge on any atom is 0.410 e. The molecule has 2 atom stereocenters. The monoisotopic (exact) mass is 482 g/mol. The van der Waals surface area contributed by atoms with Crippen molar-refractivity contribution >= 4 is 23.8 Å². The summed E-state index contributed by atoms with van der Waals surface area (Å²) >= 11 is 0. The minimum Gasteiger partial charge on any atom is -0.515 e. The molecule has 0 radical (unpaired) electrons. The fraction of sp³-hybridized carbons (Fsp3) is 0.760. The van der Waals surface area contributed by atoms with Gasteiger partial charge in [-0.1, -0.05) is 13.8 Å². The first-order valence-corrected chi connectivity index (χ1v) is 11.9. The van der Waals surface area contributed by atoms with Crippen LogP contribution in [0.4, 0.5) is 9.59 Å². The number of carbonyl (C=O) groups excluding carboxylic acids is 4. The fourth-order valence-corrected chi connectivity index (χ4v) is 3.37. The molecule has 0 aromatic carbocycles. The van der Waals surface area contributed by atoms with Crippen molar-refractivity contribution in [2.45, 2.75) is 85.9 Å². The average Bonchev–Trinajstić information content (AvgIpc) is 2.95. The summed E-state index contributed by atoms with van der Waals surface area (Å²) in [5.41, 5.74) is -0.785. The molecule has 2 rings (SSSR count). The van der Waals surface area contributed by atoms with Crippen LogP contribution in [0.3, 0.4) is 0 Å². The highest BCUT2D eigenvalue weighted by Crippen LogP contribution is 2.20. The minimum absolute atomic E-state index is 0.0624. The third-order valence-corrected chi connectivity index (χ3v) is 5.43. The van der Waals surface area contributed by atoms with Crippen molar-refractivity contribution in [2.75, 3.05) is 26.2 Å². The second-order valence-corrected chi connectivity index (χ2v) is 11.0. The van der Waals surface area contributed by atoms with Crippen LogP contribution in [0.1, 0.15) is 74.7 Å². The molecule has 1 N–H and O–H groups in total. The van der Waals surface area contributed by atoms with Gasteiger partial charge >= 0.3 is 12.2 Å². The molecule has 194 valence electrons. The Morgan fingerprint density at radius 3 is 1.82 bits per heavy atom. The van der Waals surface area contributed by atoms with Crippen molar-refractivity contribution in [1.29, 1.82) is 0 Å². The summed E-state index contributed by atoms with van der Waals surface area (Å²) in [6, 6.07) is 0. The van der Waals surface area contributed by atoms with Gasteiger partial charge in [0.15, 0.2) is 5.78 Å². The van der Waals surface area contributed by atoms with Crippen LogP contribution in [0.2, 0.25) is 0 Å². The number of aliphatic hydroxyl groups is 1. The number of hydrogen-bond acceptors (Lipinski definition) is 7. The fourth-order valence-electron chi connectivity index (χ4n) is 3.37. The molecular weight excluding hydrogens is 440 g/mol. The number of ether oxygens (including phenoxy) is 2. The number of Topliss-reactive ketones (excluding diaryl/α,β-unsaturated/α-hetero) is 2. The van der Waals surface area contributed by atoms with Gasteiger partial charge in [0.25, 0.3) is 0 Å². The molecule has 2 unspecified atom stereocenters. The largest absolute Gasteiger partial charge is 0.515 e. The molecule has 2 aliphatic rings. The summed E-state index contributed by atoms with van der Waals surface area (Å²) in [5, 5.41) is 9.07. The van der Waals surface area contributed by atoms with Gasteiger partial charge in [-0.25, -0.2) is 9.59 Å². The quantitative estimate of drug-likeness (QED) is 0.399. The SMILES string of the molecule is CC1CCN(C(=O)OC(C)(C)C)C/C(=C\O)C1=O.CC1CCN(C(=O)OC(C)(C)C)CCC1=O. The average molecular weight is 483 g/mol. The van der Waals surface area contributed by atoms with E-state index < -0.39 is 17.3 Å². The Morgan fingerprint density at radius 2 is 1.32 bits per heavy atom. The van der Waals surface area contributed by atoms with E-state index in [0.717, 1.165) is 12.7 Å². The van der Waals surface area contributed by atoms with Gasteiger partial charge in [0.2, 0.25) is 0 Å². The molecule has 2 fully saturated rings. The number of nitrogens with zero attached hydrogens (tertiary/aromatic N) is 2. The smallest absolute Gasteiger partial charge is 0.410 e. The lowest BCUT2D eigenvalue weighted by atomic mass is 9.99. The van der Waals surface area contributed by atoms with Crippen molar-refractivity contribution in [1.82, 2.24) is 9.80 Å². The molecule has 9 nitrogen and oxygen atoms in total. The van der Waals surface area contributed by atoms with E-state index in [9.17, 15) is 19.2 Å². The topological polar surface area (TPSA) is 113 Å².